The zero-order chi connectivity index (χ0) is 20.1. The third kappa shape index (κ3) is 2.80. The number of fused-ring (bicyclic) bond motifs is 3. The van der Waals surface area contributed by atoms with E-state index < -0.39 is 0 Å². The number of para-hydroxylation sites is 1. The largest absolute Gasteiger partial charge is 0.338 e. The van der Waals surface area contributed by atoms with E-state index in [4.69, 9.17) is 10.1 Å². The third-order valence-corrected chi connectivity index (χ3v) is 6.57. The molecular formula is C24H18N4OS. The second-order valence-corrected chi connectivity index (χ2v) is 8.52. The molecule has 0 fully saturated rings. The van der Waals surface area contributed by atoms with Crippen LogP contribution in [0.1, 0.15) is 28.9 Å². The summed E-state index contributed by atoms with van der Waals surface area (Å²) >= 11 is 1.60. The lowest BCUT2D eigenvalue weighted by Crippen LogP contribution is -2.13. The molecule has 146 valence electrons. The van der Waals surface area contributed by atoms with Crippen LogP contribution in [-0.2, 0) is 6.42 Å². The van der Waals surface area contributed by atoms with Crippen molar-refractivity contribution < 1.29 is 4.79 Å². The SMILES string of the molecule is O=C1CCCc2c1c(Nc1ccc3ccccc3c1)nn2-c1nc2ccccc2s1. The molecule has 1 N–H and O–H groups in total. The standard InChI is InChI=1S/C24H18N4OS/c29-20-10-5-9-19-22(20)23(25-17-13-12-15-6-1-2-7-16(15)14-17)27-28(19)24-26-18-8-3-4-11-21(18)30-24/h1-4,6-8,11-14H,5,9-10H2,(H,25,27). The predicted octanol–water partition coefficient (Wildman–Crippen LogP) is 5.90. The van der Waals surface area contributed by atoms with E-state index in [1.165, 1.54) is 5.39 Å². The van der Waals surface area contributed by atoms with E-state index in [9.17, 15) is 4.79 Å². The second kappa shape index (κ2) is 6.78. The van der Waals surface area contributed by atoms with Gasteiger partial charge in [-0.25, -0.2) is 9.67 Å². The monoisotopic (exact) mass is 410 g/mol. The molecule has 2 aromatic heterocycles. The number of hydrogen-bond donors (Lipinski definition) is 1. The van der Waals surface area contributed by atoms with Gasteiger partial charge in [-0.1, -0.05) is 53.8 Å². The summed E-state index contributed by atoms with van der Waals surface area (Å²) < 4.78 is 2.98. The number of benzene rings is 3. The number of nitrogens with one attached hydrogen (secondary N) is 1. The summed E-state index contributed by atoms with van der Waals surface area (Å²) in [4.78, 5) is 17.6. The molecule has 6 rings (SSSR count). The molecule has 0 aliphatic heterocycles. The number of carbonyl (C=O) groups is 1. The Morgan fingerprint density at radius 2 is 1.77 bits per heavy atom. The third-order valence-electron chi connectivity index (χ3n) is 5.55. The van der Waals surface area contributed by atoms with Gasteiger partial charge in [-0.05, 0) is 47.9 Å². The maximum absolute atomic E-state index is 12.8. The lowest BCUT2D eigenvalue weighted by atomic mass is 9.96. The van der Waals surface area contributed by atoms with Crippen molar-refractivity contribution in [1.29, 1.82) is 0 Å². The summed E-state index contributed by atoms with van der Waals surface area (Å²) in [5, 5.41) is 11.3. The molecule has 3 aromatic carbocycles. The highest BCUT2D eigenvalue weighted by Crippen LogP contribution is 2.34. The number of nitrogens with zero attached hydrogens (tertiary/aromatic N) is 3. The highest BCUT2D eigenvalue weighted by Gasteiger charge is 2.28. The average molecular weight is 411 g/mol. The number of rotatable bonds is 3. The van der Waals surface area contributed by atoms with Crippen LogP contribution in [0, 0.1) is 0 Å². The predicted molar refractivity (Wildman–Crippen MR) is 121 cm³/mol. The van der Waals surface area contributed by atoms with Gasteiger partial charge in [0.1, 0.15) is 0 Å². The molecule has 0 radical (unpaired) electrons. The van der Waals surface area contributed by atoms with Crippen molar-refractivity contribution in [1.82, 2.24) is 14.8 Å². The number of aromatic nitrogens is 3. The van der Waals surface area contributed by atoms with Gasteiger partial charge in [0.25, 0.3) is 0 Å². The minimum Gasteiger partial charge on any atom is -0.338 e. The maximum Gasteiger partial charge on any atom is 0.211 e. The molecule has 0 saturated carbocycles. The highest BCUT2D eigenvalue weighted by molar-refractivity contribution is 7.20. The van der Waals surface area contributed by atoms with Crippen LogP contribution in [0.25, 0.3) is 26.1 Å². The fourth-order valence-corrected chi connectivity index (χ4v) is 5.06. The Morgan fingerprint density at radius 3 is 2.67 bits per heavy atom. The molecule has 5 aromatic rings. The Morgan fingerprint density at radius 1 is 0.933 bits per heavy atom. The minimum atomic E-state index is 0.145. The molecule has 0 saturated heterocycles. The first-order chi connectivity index (χ1) is 14.8. The molecule has 0 bridgehead atoms. The second-order valence-electron chi connectivity index (χ2n) is 7.51. The van der Waals surface area contributed by atoms with E-state index >= 15 is 0 Å². The van der Waals surface area contributed by atoms with Gasteiger partial charge in [0, 0.05) is 12.1 Å². The molecular weight excluding hydrogens is 392 g/mol. The van der Waals surface area contributed by atoms with Gasteiger partial charge in [-0.3, -0.25) is 4.79 Å². The molecule has 5 nitrogen and oxygen atoms in total. The molecule has 0 atom stereocenters. The summed E-state index contributed by atoms with van der Waals surface area (Å²) in [6.07, 6.45) is 2.23. The quantitative estimate of drug-likeness (QED) is 0.402. The number of Topliss-reactive ketones (excluding diaryl/α,β-unsaturated/α-hetero) is 1. The van der Waals surface area contributed by atoms with Gasteiger partial charge in [0.2, 0.25) is 5.13 Å². The van der Waals surface area contributed by atoms with Crippen LogP contribution in [-0.4, -0.2) is 20.5 Å². The molecule has 1 aliphatic carbocycles. The van der Waals surface area contributed by atoms with E-state index in [1.807, 2.05) is 41.1 Å². The van der Waals surface area contributed by atoms with Crippen LogP contribution in [0.15, 0.2) is 66.7 Å². The van der Waals surface area contributed by atoms with E-state index in [2.05, 4.69) is 35.6 Å². The number of hydrogen-bond acceptors (Lipinski definition) is 5. The maximum atomic E-state index is 12.8. The molecule has 1 aliphatic rings. The van der Waals surface area contributed by atoms with E-state index in [0.717, 1.165) is 45.0 Å². The Balaban J connectivity index is 1.47. The smallest absolute Gasteiger partial charge is 0.211 e. The lowest BCUT2D eigenvalue weighted by Gasteiger charge is -2.12. The summed E-state index contributed by atoms with van der Waals surface area (Å²) in [6.45, 7) is 0. The lowest BCUT2D eigenvalue weighted by molar-refractivity contribution is 0.0973. The van der Waals surface area contributed by atoms with Crippen molar-refractivity contribution in [2.75, 3.05) is 5.32 Å². The van der Waals surface area contributed by atoms with Crippen molar-refractivity contribution >= 4 is 49.6 Å². The van der Waals surface area contributed by atoms with Gasteiger partial charge in [0.15, 0.2) is 11.6 Å². The van der Waals surface area contributed by atoms with Crippen LogP contribution in [0.4, 0.5) is 11.5 Å². The molecule has 6 heteroatoms. The topological polar surface area (TPSA) is 59.8 Å². The van der Waals surface area contributed by atoms with Crippen LogP contribution in [0.2, 0.25) is 0 Å². The molecule has 2 heterocycles. The normalized spacial score (nSPS) is 13.7. The van der Waals surface area contributed by atoms with Crippen LogP contribution in [0.3, 0.4) is 0 Å². The van der Waals surface area contributed by atoms with Crippen molar-refractivity contribution in [2.24, 2.45) is 0 Å². The Bertz CT molecular complexity index is 1400. The summed E-state index contributed by atoms with van der Waals surface area (Å²) in [6, 6.07) is 22.5. The highest BCUT2D eigenvalue weighted by atomic mass is 32.1. The van der Waals surface area contributed by atoms with Crippen molar-refractivity contribution in [3.05, 3.63) is 78.0 Å². The molecule has 0 amide bonds. The fourth-order valence-electron chi connectivity index (χ4n) is 4.12. The van der Waals surface area contributed by atoms with Crippen LogP contribution >= 0.6 is 11.3 Å². The van der Waals surface area contributed by atoms with Gasteiger partial charge < -0.3 is 5.32 Å². The summed E-state index contributed by atoms with van der Waals surface area (Å²) in [7, 11) is 0. The van der Waals surface area contributed by atoms with Gasteiger partial charge in [-0.2, -0.15) is 0 Å². The number of carbonyl (C=O) groups excluding carboxylic acids is 1. The van der Waals surface area contributed by atoms with Crippen molar-refractivity contribution in [3.63, 3.8) is 0 Å². The first kappa shape index (κ1) is 17.4. The fraction of sp³-hybridized carbons (Fsp3) is 0.125. The molecule has 0 spiro atoms. The van der Waals surface area contributed by atoms with E-state index in [1.54, 1.807) is 11.3 Å². The van der Waals surface area contributed by atoms with Crippen LogP contribution < -0.4 is 5.32 Å². The average Bonchev–Trinajstić information content (AvgIpc) is 3.36. The van der Waals surface area contributed by atoms with E-state index in [-0.39, 0.29) is 5.78 Å². The Kier molecular flexibility index (Phi) is 3.92. The van der Waals surface area contributed by atoms with Gasteiger partial charge in [-0.15, -0.1) is 5.10 Å². The van der Waals surface area contributed by atoms with Crippen LogP contribution in [0.5, 0.6) is 0 Å². The van der Waals surface area contributed by atoms with Crippen molar-refractivity contribution in [3.8, 4) is 5.13 Å². The number of anilines is 2. The summed E-state index contributed by atoms with van der Waals surface area (Å²) in [5.41, 5.74) is 3.53. The zero-order valence-corrected chi connectivity index (χ0v) is 16.9. The Hall–Kier alpha value is -3.51. The zero-order valence-electron chi connectivity index (χ0n) is 16.1. The molecule has 30 heavy (non-hydrogen) atoms. The Labute approximate surface area is 177 Å². The first-order valence-corrected chi connectivity index (χ1v) is 10.8. The van der Waals surface area contributed by atoms with E-state index in [0.29, 0.717) is 17.8 Å². The first-order valence-electron chi connectivity index (χ1n) is 10.0. The number of thiazole rings is 1. The molecule has 0 unspecified atom stereocenters. The number of ketones is 1. The van der Waals surface area contributed by atoms with Gasteiger partial charge >= 0.3 is 0 Å². The minimum absolute atomic E-state index is 0.145. The van der Waals surface area contributed by atoms with Gasteiger partial charge in [0.05, 0.1) is 21.5 Å². The van der Waals surface area contributed by atoms with Crippen molar-refractivity contribution in [2.45, 2.75) is 19.3 Å². The summed E-state index contributed by atoms with van der Waals surface area (Å²) in [5.74, 6) is 0.760.